The highest BCUT2D eigenvalue weighted by Gasteiger charge is 2.12. The second-order valence-corrected chi connectivity index (χ2v) is 5.72. The molecule has 0 atom stereocenters. The van der Waals surface area contributed by atoms with Gasteiger partial charge in [-0.1, -0.05) is 36.4 Å². The first-order chi connectivity index (χ1) is 6.45. The second kappa shape index (κ2) is 6.09. The largest absolute Gasteiger partial charge is 0.357 e. The summed E-state index contributed by atoms with van der Waals surface area (Å²) < 4.78 is 2.96. The molecule has 0 saturated carbocycles. The zero-order chi connectivity index (χ0) is 8.93. The first-order valence-electron chi connectivity index (χ1n) is 4.20. The van der Waals surface area contributed by atoms with E-state index in [4.69, 9.17) is 0 Å². The molecule has 0 fully saturated rings. The lowest BCUT2D eigenvalue weighted by atomic mass is 10.4. The van der Waals surface area contributed by atoms with Gasteiger partial charge in [0, 0.05) is 0 Å². The molecular formula is C12H12IS+. The Morgan fingerprint density at radius 3 is 1.29 bits per heavy atom. The van der Waals surface area contributed by atoms with Crippen molar-refractivity contribution in [2.24, 2.45) is 0 Å². The van der Waals surface area contributed by atoms with Gasteiger partial charge in [-0.2, -0.15) is 13.5 Å². The topological polar surface area (TPSA) is 0 Å². The monoisotopic (exact) mass is 315 g/mol. The van der Waals surface area contributed by atoms with Crippen LogP contribution < -0.4 is 21.2 Å². The van der Waals surface area contributed by atoms with E-state index in [1.807, 2.05) is 0 Å². The van der Waals surface area contributed by atoms with Crippen LogP contribution in [0.5, 0.6) is 0 Å². The van der Waals surface area contributed by atoms with Crippen molar-refractivity contribution in [2.45, 2.75) is 0 Å². The number of hydrogen-bond donors (Lipinski definition) is 0. The molecule has 0 heterocycles. The summed E-state index contributed by atoms with van der Waals surface area (Å²) in [5.74, 6) is 0. The van der Waals surface area contributed by atoms with E-state index in [2.05, 4.69) is 60.7 Å². The highest BCUT2D eigenvalue weighted by Crippen LogP contribution is 1.85. The van der Waals surface area contributed by atoms with Crippen LogP contribution in [0.4, 0.5) is 0 Å². The Morgan fingerprint density at radius 2 is 0.929 bits per heavy atom. The smallest absolute Gasteiger partial charge is 0.197 e. The lowest BCUT2D eigenvalue weighted by Crippen LogP contribution is -3.61. The van der Waals surface area contributed by atoms with Crippen LogP contribution >= 0.6 is 13.5 Å². The Balaban J connectivity index is 0.000000980. The van der Waals surface area contributed by atoms with Crippen LogP contribution in [0.25, 0.3) is 0 Å². The average molecular weight is 315 g/mol. The Morgan fingerprint density at radius 1 is 0.571 bits per heavy atom. The number of rotatable bonds is 2. The molecule has 0 aliphatic rings. The molecule has 0 aliphatic carbocycles. The van der Waals surface area contributed by atoms with Crippen LogP contribution in [-0.4, -0.2) is 0 Å². The van der Waals surface area contributed by atoms with Gasteiger partial charge in [-0.05, 0) is 24.3 Å². The molecule has 0 unspecified atom stereocenters. The molecule has 0 aliphatic heterocycles. The highest BCUT2D eigenvalue weighted by atomic mass is 127. The van der Waals surface area contributed by atoms with E-state index in [1.165, 1.54) is 7.14 Å². The van der Waals surface area contributed by atoms with Crippen LogP contribution in [0.15, 0.2) is 60.7 Å². The van der Waals surface area contributed by atoms with E-state index in [1.54, 1.807) is 0 Å². The Bertz CT molecular complexity index is 321. The standard InChI is InChI=1S/C12H10I.H2S/c1-3-7-11(8-4-1)13-12-9-5-2-6-10-12;/h1-10H;1H2/q+1;. The normalized spacial score (nSPS) is 9.14. The molecule has 0 amide bonds. The van der Waals surface area contributed by atoms with Crippen molar-refractivity contribution in [1.82, 2.24) is 0 Å². The summed E-state index contributed by atoms with van der Waals surface area (Å²) in [6.45, 7) is 0. The quantitative estimate of drug-likeness (QED) is 0.681. The van der Waals surface area contributed by atoms with Crippen LogP contribution in [0.1, 0.15) is 0 Å². The van der Waals surface area contributed by atoms with Gasteiger partial charge >= 0.3 is 21.2 Å². The predicted molar refractivity (Wildman–Crippen MR) is 60.7 cm³/mol. The van der Waals surface area contributed by atoms with E-state index in [0.717, 1.165) is 0 Å². The Kier molecular flexibility index (Phi) is 5.04. The fourth-order valence-corrected chi connectivity index (χ4v) is 3.35. The number of benzene rings is 2. The minimum atomic E-state index is 0. The molecule has 2 aromatic carbocycles. The number of halogens is 1. The van der Waals surface area contributed by atoms with Gasteiger partial charge in [0.25, 0.3) is 0 Å². The van der Waals surface area contributed by atoms with Gasteiger partial charge < -0.3 is 0 Å². The van der Waals surface area contributed by atoms with Gasteiger partial charge in [0.1, 0.15) is 0 Å². The maximum absolute atomic E-state index is 2.21. The SMILES string of the molecule is S.c1ccc([I+]c2ccccc2)cc1. The van der Waals surface area contributed by atoms with Gasteiger partial charge in [-0.25, -0.2) is 0 Å². The third-order valence-electron chi connectivity index (χ3n) is 1.68. The van der Waals surface area contributed by atoms with E-state index in [0.29, 0.717) is 0 Å². The molecule has 2 aromatic rings. The van der Waals surface area contributed by atoms with Crippen molar-refractivity contribution in [1.29, 1.82) is 0 Å². The fraction of sp³-hybridized carbons (Fsp3) is 0. The lowest BCUT2D eigenvalue weighted by molar-refractivity contribution is -0.597. The lowest BCUT2D eigenvalue weighted by Gasteiger charge is -1.84. The summed E-state index contributed by atoms with van der Waals surface area (Å²) in [5, 5.41) is 0. The van der Waals surface area contributed by atoms with Crippen LogP contribution in [0.3, 0.4) is 0 Å². The number of hydrogen-bond acceptors (Lipinski definition) is 0. The van der Waals surface area contributed by atoms with Crippen LogP contribution in [-0.2, 0) is 0 Å². The summed E-state index contributed by atoms with van der Waals surface area (Å²) in [6.07, 6.45) is 0. The molecule has 72 valence electrons. The van der Waals surface area contributed by atoms with Gasteiger partial charge in [0.15, 0.2) is 7.14 Å². The maximum Gasteiger partial charge on any atom is 0.357 e. The van der Waals surface area contributed by atoms with Crippen LogP contribution in [0.2, 0.25) is 0 Å². The van der Waals surface area contributed by atoms with Gasteiger partial charge in [-0.15, -0.1) is 0 Å². The third-order valence-corrected chi connectivity index (χ3v) is 4.37. The molecule has 0 bridgehead atoms. The predicted octanol–water partition coefficient (Wildman–Crippen LogP) is -0.0722. The first kappa shape index (κ1) is 11.6. The van der Waals surface area contributed by atoms with Crippen molar-refractivity contribution in [3.63, 3.8) is 0 Å². The summed E-state index contributed by atoms with van der Waals surface area (Å²) in [6, 6.07) is 21.4. The van der Waals surface area contributed by atoms with Crippen molar-refractivity contribution >= 4 is 13.5 Å². The van der Waals surface area contributed by atoms with Crippen LogP contribution in [0, 0.1) is 7.14 Å². The Labute approximate surface area is 102 Å². The molecule has 0 aromatic heterocycles. The minimum Gasteiger partial charge on any atom is -0.197 e. The molecule has 0 radical (unpaired) electrons. The molecule has 0 nitrogen and oxygen atoms in total. The minimum absolute atomic E-state index is 0. The first-order valence-corrected chi connectivity index (χ1v) is 6.36. The third kappa shape index (κ3) is 3.35. The van der Waals surface area contributed by atoms with E-state index in [9.17, 15) is 0 Å². The second-order valence-electron chi connectivity index (χ2n) is 2.69. The Hall–Kier alpha value is -0.480. The molecule has 0 N–H and O–H groups in total. The fourth-order valence-electron chi connectivity index (χ4n) is 1.08. The van der Waals surface area contributed by atoms with E-state index >= 15 is 0 Å². The molecule has 2 rings (SSSR count). The van der Waals surface area contributed by atoms with Crippen molar-refractivity contribution in [2.75, 3.05) is 0 Å². The average Bonchev–Trinajstić information content (AvgIpc) is 2.21. The summed E-state index contributed by atoms with van der Waals surface area (Å²) in [5.41, 5.74) is 0. The molecule has 0 saturated heterocycles. The van der Waals surface area contributed by atoms with Crippen molar-refractivity contribution < 1.29 is 21.2 Å². The summed E-state index contributed by atoms with van der Waals surface area (Å²) in [4.78, 5) is 0. The van der Waals surface area contributed by atoms with E-state index < -0.39 is 0 Å². The zero-order valence-corrected chi connectivity index (χ0v) is 10.8. The summed E-state index contributed by atoms with van der Waals surface area (Å²) in [7, 11) is 0. The molecule has 14 heavy (non-hydrogen) atoms. The van der Waals surface area contributed by atoms with Gasteiger partial charge in [-0.3, -0.25) is 0 Å². The van der Waals surface area contributed by atoms with Gasteiger partial charge in [0.2, 0.25) is 0 Å². The molecule has 2 heteroatoms. The summed E-state index contributed by atoms with van der Waals surface area (Å²) >= 11 is 0.0287. The zero-order valence-electron chi connectivity index (χ0n) is 7.65. The highest BCUT2D eigenvalue weighted by molar-refractivity contribution is 7.59. The maximum atomic E-state index is 2.21. The van der Waals surface area contributed by atoms with E-state index in [-0.39, 0.29) is 34.7 Å². The molecule has 0 spiro atoms. The molecular weight excluding hydrogens is 303 g/mol. The van der Waals surface area contributed by atoms with Crippen molar-refractivity contribution in [3.8, 4) is 0 Å². The van der Waals surface area contributed by atoms with Gasteiger partial charge in [0.05, 0.1) is 0 Å². The van der Waals surface area contributed by atoms with Crippen molar-refractivity contribution in [3.05, 3.63) is 67.8 Å².